The zero-order valence-electron chi connectivity index (χ0n) is 17.2. The fourth-order valence-electron chi connectivity index (χ4n) is 3.21. The molecule has 2 heterocycles. The summed E-state index contributed by atoms with van der Waals surface area (Å²) in [5.74, 6) is 3.22. The van der Waals surface area contributed by atoms with E-state index < -0.39 is 5.60 Å². The molecule has 0 aliphatic rings. The van der Waals surface area contributed by atoms with Crippen LogP contribution in [0, 0.1) is 6.92 Å². The van der Waals surface area contributed by atoms with Crippen molar-refractivity contribution in [2.45, 2.75) is 51.3 Å². The first-order valence-corrected chi connectivity index (χ1v) is 9.80. The summed E-state index contributed by atoms with van der Waals surface area (Å²) in [6.45, 7) is 12.1. The Balaban J connectivity index is 2.11. The number of methoxy groups -OCH3 is 1. The molecule has 0 bridgehead atoms. The summed E-state index contributed by atoms with van der Waals surface area (Å²) < 4.78 is 17.0. The molecule has 0 saturated heterocycles. The Morgan fingerprint density at radius 3 is 2.18 bits per heavy atom. The van der Waals surface area contributed by atoms with Crippen molar-refractivity contribution in [1.29, 1.82) is 0 Å². The summed E-state index contributed by atoms with van der Waals surface area (Å²) in [5, 5.41) is 11.1. The van der Waals surface area contributed by atoms with E-state index in [0.29, 0.717) is 38.3 Å². The maximum atomic E-state index is 11.1. The minimum Gasteiger partial charge on any atom is -0.465 e. The average molecular weight is 388 g/mol. The molecular weight excluding hydrogens is 354 g/mol. The van der Waals surface area contributed by atoms with Crippen LogP contribution in [0.3, 0.4) is 0 Å². The Kier molecular flexibility index (Phi) is 8.77. The van der Waals surface area contributed by atoms with Gasteiger partial charge in [0.05, 0.1) is 19.7 Å². The quantitative estimate of drug-likeness (QED) is 0.465. The van der Waals surface area contributed by atoms with Gasteiger partial charge in [0.1, 0.15) is 28.6 Å². The van der Waals surface area contributed by atoms with Crippen LogP contribution in [0.2, 0.25) is 0 Å². The Morgan fingerprint density at radius 1 is 1.04 bits per heavy atom. The van der Waals surface area contributed by atoms with Gasteiger partial charge in [0.15, 0.2) is 0 Å². The van der Waals surface area contributed by atoms with E-state index in [1.807, 2.05) is 43.3 Å². The molecule has 0 unspecified atom stereocenters. The molecule has 1 N–H and O–H groups in total. The van der Waals surface area contributed by atoms with Gasteiger partial charge in [0.2, 0.25) is 0 Å². The lowest BCUT2D eigenvalue weighted by molar-refractivity contribution is -0.00232. The van der Waals surface area contributed by atoms with E-state index >= 15 is 0 Å². The van der Waals surface area contributed by atoms with Gasteiger partial charge in [-0.2, -0.15) is 0 Å². The third kappa shape index (κ3) is 6.51. The number of nitrogens with zero attached hydrogens (tertiary/aromatic N) is 1. The van der Waals surface area contributed by atoms with Crippen molar-refractivity contribution in [3.05, 3.63) is 72.6 Å². The lowest BCUT2D eigenvalue weighted by Gasteiger charge is -2.25. The first-order valence-electron chi connectivity index (χ1n) is 9.80. The van der Waals surface area contributed by atoms with Gasteiger partial charge >= 0.3 is 0 Å². The van der Waals surface area contributed by atoms with E-state index in [4.69, 9.17) is 13.6 Å². The second-order valence-corrected chi connectivity index (χ2v) is 7.17. The summed E-state index contributed by atoms with van der Waals surface area (Å²) in [6.07, 6.45) is 6.25. The van der Waals surface area contributed by atoms with Gasteiger partial charge in [-0.3, -0.25) is 4.90 Å². The number of furan rings is 2. The van der Waals surface area contributed by atoms with Crippen LogP contribution in [-0.4, -0.2) is 30.3 Å². The fraction of sp³-hybridized carbons (Fsp3) is 0.478. The lowest BCUT2D eigenvalue weighted by Crippen LogP contribution is -2.26. The highest BCUT2D eigenvalue weighted by Crippen LogP contribution is 2.33. The Bertz CT molecular complexity index is 719. The number of aryl methyl sites for hydroxylation is 1. The third-order valence-electron chi connectivity index (χ3n) is 4.81. The smallest absolute Gasteiger partial charge is 0.135 e. The fourth-order valence-corrected chi connectivity index (χ4v) is 3.21. The van der Waals surface area contributed by atoms with E-state index in [-0.39, 0.29) is 0 Å². The molecule has 0 aliphatic carbocycles. The molecule has 0 spiro atoms. The largest absolute Gasteiger partial charge is 0.465 e. The second kappa shape index (κ2) is 11.1. The number of hydrogen-bond acceptors (Lipinski definition) is 5. The number of aliphatic hydroxyl groups is 1. The monoisotopic (exact) mass is 387 g/mol. The van der Waals surface area contributed by atoms with Crippen LogP contribution in [0.15, 0.2) is 58.4 Å². The average Bonchev–Trinajstić information content (AvgIpc) is 3.32. The summed E-state index contributed by atoms with van der Waals surface area (Å²) in [4.78, 5) is 2.21. The molecule has 2 aromatic rings. The molecule has 2 aromatic heterocycles. The number of allylic oxidation sites excluding steroid dienone is 2. The van der Waals surface area contributed by atoms with E-state index in [9.17, 15) is 5.11 Å². The van der Waals surface area contributed by atoms with Gasteiger partial charge in [0, 0.05) is 13.7 Å². The second-order valence-electron chi connectivity index (χ2n) is 7.17. The van der Waals surface area contributed by atoms with Crippen molar-refractivity contribution in [1.82, 2.24) is 4.90 Å². The molecule has 0 aliphatic heterocycles. The van der Waals surface area contributed by atoms with Gasteiger partial charge in [-0.25, -0.2) is 0 Å². The summed E-state index contributed by atoms with van der Waals surface area (Å²) in [7, 11) is 1.69. The van der Waals surface area contributed by atoms with Gasteiger partial charge in [-0.05, 0) is 56.9 Å². The highest BCUT2D eigenvalue weighted by Gasteiger charge is 2.31. The van der Waals surface area contributed by atoms with E-state index in [1.165, 1.54) is 0 Å². The highest BCUT2D eigenvalue weighted by atomic mass is 16.5. The maximum absolute atomic E-state index is 11.1. The van der Waals surface area contributed by atoms with Gasteiger partial charge in [-0.1, -0.05) is 12.2 Å². The van der Waals surface area contributed by atoms with E-state index in [1.54, 1.807) is 7.11 Å². The predicted octanol–water partition coefficient (Wildman–Crippen LogP) is 4.95. The van der Waals surface area contributed by atoms with Gasteiger partial charge in [-0.15, -0.1) is 13.2 Å². The van der Waals surface area contributed by atoms with Crippen molar-refractivity contribution in [3.8, 4) is 0 Å². The first kappa shape index (κ1) is 22.2. The van der Waals surface area contributed by atoms with Crippen LogP contribution in [0.5, 0.6) is 0 Å². The third-order valence-corrected chi connectivity index (χ3v) is 4.81. The molecule has 5 heteroatoms. The van der Waals surface area contributed by atoms with Crippen molar-refractivity contribution < 1.29 is 18.7 Å². The minimum atomic E-state index is -1.00. The SMILES string of the molecule is C=CCCC(O)(CCC=C)c1ccc(CN(CCOC)Cc2ccc(C)o2)o1. The highest BCUT2D eigenvalue weighted by molar-refractivity contribution is 5.15. The molecule has 2 rings (SSSR count). The zero-order chi connectivity index (χ0) is 20.4. The van der Waals surface area contributed by atoms with Crippen molar-refractivity contribution in [2.24, 2.45) is 0 Å². The first-order chi connectivity index (χ1) is 13.5. The number of ether oxygens (including phenoxy) is 1. The molecule has 0 aromatic carbocycles. The molecule has 0 radical (unpaired) electrons. The van der Waals surface area contributed by atoms with E-state index in [0.717, 1.165) is 36.7 Å². The van der Waals surface area contributed by atoms with Crippen LogP contribution in [0.1, 0.15) is 48.7 Å². The topological polar surface area (TPSA) is 59.0 Å². The Hall–Kier alpha value is -2.08. The molecule has 0 saturated carbocycles. The van der Waals surface area contributed by atoms with Gasteiger partial charge < -0.3 is 18.7 Å². The van der Waals surface area contributed by atoms with Crippen LogP contribution in [0.4, 0.5) is 0 Å². The molecule has 0 fully saturated rings. The molecule has 5 nitrogen and oxygen atoms in total. The summed E-state index contributed by atoms with van der Waals surface area (Å²) in [5.41, 5.74) is -1.00. The Labute approximate surface area is 168 Å². The normalized spacial score (nSPS) is 11.9. The maximum Gasteiger partial charge on any atom is 0.135 e. The zero-order valence-corrected chi connectivity index (χ0v) is 17.2. The number of hydrogen-bond donors (Lipinski definition) is 1. The molecule has 154 valence electrons. The summed E-state index contributed by atoms with van der Waals surface area (Å²) in [6, 6.07) is 7.78. The van der Waals surface area contributed by atoms with Crippen LogP contribution >= 0.6 is 0 Å². The Morgan fingerprint density at radius 2 is 1.64 bits per heavy atom. The van der Waals surface area contributed by atoms with Crippen LogP contribution < -0.4 is 0 Å². The van der Waals surface area contributed by atoms with Crippen molar-refractivity contribution in [2.75, 3.05) is 20.3 Å². The van der Waals surface area contributed by atoms with Gasteiger partial charge in [0.25, 0.3) is 0 Å². The van der Waals surface area contributed by atoms with Crippen LogP contribution in [-0.2, 0) is 23.4 Å². The molecule has 0 amide bonds. The summed E-state index contributed by atoms with van der Waals surface area (Å²) >= 11 is 0. The van der Waals surface area contributed by atoms with Crippen molar-refractivity contribution >= 4 is 0 Å². The molecular formula is C23H33NO4. The minimum absolute atomic E-state index is 0.580. The van der Waals surface area contributed by atoms with Crippen LogP contribution in [0.25, 0.3) is 0 Å². The van der Waals surface area contributed by atoms with E-state index in [2.05, 4.69) is 18.1 Å². The van der Waals surface area contributed by atoms with Crippen molar-refractivity contribution in [3.63, 3.8) is 0 Å². The number of rotatable bonds is 14. The standard InChI is InChI=1S/C23H33NO4/c1-5-7-13-23(25,14-8-6-2)22-12-11-21(28-22)18-24(15-16-26-4)17-20-10-9-19(3)27-20/h5-6,9-12,25H,1-2,7-8,13-18H2,3-4H3. The molecule has 28 heavy (non-hydrogen) atoms. The molecule has 0 atom stereocenters. The lowest BCUT2D eigenvalue weighted by atomic mass is 9.89. The predicted molar refractivity (Wildman–Crippen MR) is 111 cm³/mol.